The summed E-state index contributed by atoms with van der Waals surface area (Å²) in [7, 11) is -3.40. The highest BCUT2D eigenvalue weighted by Gasteiger charge is 2.46. The molecule has 2 atom stereocenters. The van der Waals surface area contributed by atoms with Crippen LogP contribution in [-0.4, -0.2) is 66.8 Å². The highest BCUT2D eigenvalue weighted by atomic mass is 32.2. The van der Waals surface area contributed by atoms with Crippen molar-refractivity contribution in [1.82, 2.24) is 9.80 Å². The molecule has 3 aliphatic rings. The van der Waals surface area contributed by atoms with E-state index in [0.29, 0.717) is 18.5 Å². The van der Waals surface area contributed by atoms with Crippen LogP contribution in [0.2, 0.25) is 0 Å². The number of likely N-dealkylation sites (tertiary alicyclic amines) is 2. The second kappa shape index (κ2) is 5.48. The molecule has 0 spiro atoms. The Bertz CT molecular complexity index is 554. The van der Waals surface area contributed by atoms with Gasteiger partial charge < -0.3 is 4.90 Å². The van der Waals surface area contributed by atoms with E-state index in [1.807, 2.05) is 0 Å². The molecule has 2 unspecified atom stereocenters. The first-order valence-electron chi connectivity index (χ1n) is 8.46. The van der Waals surface area contributed by atoms with Gasteiger partial charge in [0.2, 0.25) is 5.91 Å². The van der Waals surface area contributed by atoms with Crippen molar-refractivity contribution >= 4 is 15.7 Å². The molecule has 3 fully saturated rings. The zero-order valence-electron chi connectivity index (χ0n) is 13.9. The Morgan fingerprint density at radius 2 is 1.77 bits per heavy atom. The summed E-state index contributed by atoms with van der Waals surface area (Å²) < 4.78 is 22.5. The maximum Gasteiger partial charge on any atom is 0.243 e. The topological polar surface area (TPSA) is 57.7 Å². The lowest BCUT2D eigenvalue weighted by atomic mass is 9.83. The van der Waals surface area contributed by atoms with Crippen LogP contribution in [0.25, 0.3) is 0 Å². The van der Waals surface area contributed by atoms with Crippen molar-refractivity contribution < 1.29 is 13.2 Å². The molecule has 6 heteroatoms. The van der Waals surface area contributed by atoms with Gasteiger partial charge in [0.05, 0.1) is 0 Å². The molecule has 2 saturated heterocycles. The van der Waals surface area contributed by atoms with Crippen LogP contribution in [0.4, 0.5) is 0 Å². The smallest absolute Gasteiger partial charge is 0.243 e. The van der Waals surface area contributed by atoms with Gasteiger partial charge in [-0.1, -0.05) is 0 Å². The molecule has 0 aromatic rings. The predicted molar refractivity (Wildman–Crippen MR) is 86.4 cm³/mol. The Morgan fingerprint density at radius 1 is 1.09 bits per heavy atom. The van der Waals surface area contributed by atoms with Crippen molar-refractivity contribution in [2.24, 2.45) is 5.92 Å². The molecule has 5 nitrogen and oxygen atoms in total. The number of piperidine rings is 2. The lowest BCUT2D eigenvalue weighted by Gasteiger charge is -2.48. The van der Waals surface area contributed by atoms with Gasteiger partial charge in [0.15, 0.2) is 9.84 Å². The van der Waals surface area contributed by atoms with Crippen LogP contribution in [0.15, 0.2) is 0 Å². The molecule has 1 saturated carbocycles. The maximum atomic E-state index is 12.7. The quantitative estimate of drug-likeness (QED) is 0.783. The lowest BCUT2D eigenvalue weighted by molar-refractivity contribution is -0.137. The molecule has 2 aliphatic heterocycles. The maximum absolute atomic E-state index is 12.7. The third kappa shape index (κ3) is 2.80. The standard InChI is InChI=1S/C16H28N2O3S/c1-16(2,22(3,20)21)15(19)17-10-8-14-12(11-17)5-4-9-18(14)13-6-7-13/h12-14H,4-11H2,1-3H3. The molecular weight excluding hydrogens is 300 g/mol. The zero-order valence-corrected chi connectivity index (χ0v) is 14.7. The normalized spacial score (nSPS) is 31.0. The van der Waals surface area contributed by atoms with Gasteiger partial charge in [-0.15, -0.1) is 0 Å². The summed E-state index contributed by atoms with van der Waals surface area (Å²) >= 11 is 0. The van der Waals surface area contributed by atoms with Crippen LogP contribution >= 0.6 is 0 Å². The van der Waals surface area contributed by atoms with Crippen LogP contribution in [0.1, 0.15) is 46.0 Å². The fourth-order valence-corrected chi connectivity index (χ4v) is 4.47. The Hall–Kier alpha value is -0.620. The van der Waals surface area contributed by atoms with Gasteiger partial charge in [0.25, 0.3) is 0 Å². The summed E-state index contributed by atoms with van der Waals surface area (Å²) in [5.41, 5.74) is 0. The second-order valence-electron chi connectivity index (χ2n) is 7.76. The van der Waals surface area contributed by atoms with Gasteiger partial charge in [-0.25, -0.2) is 8.42 Å². The fraction of sp³-hybridized carbons (Fsp3) is 0.938. The second-order valence-corrected chi connectivity index (χ2v) is 10.3. The molecule has 0 N–H and O–H groups in total. The Balaban J connectivity index is 1.70. The van der Waals surface area contributed by atoms with Crippen molar-refractivity contribution in [1.29, 1.82) is 0 Å². The average Bonchev–Trinajstić information content (AvgIpc) is 3.28. The number of nitrogens with zero attached hydrogens (tertiary/aromatic N) is 2. The number of hydrogen-bond donors (Lipinski definition) is 0. The minimum Gasteiger partial charge on any atom is -0.341 e. The minimum absolute atomic E-state index is 0.225. The molecule has 3 rings (SSSR count). The van der Waals surface area contributed by atoms with Gasteiger partial charge >= 0.3 is 0 Å². The summed E-state index contributed by atoms with van der Waals surface area (Å²) in [6.45, 7) is 5.70. The largest absolute Gasteiger partial charge is 0.341 e. The number of amides is 1. The van der Waals surface area contributed by atoms with Gasteiger partial charge in [-0.2, -0.15) is 0 Å². The third-order valence-corrected chi connectivity index (χ3v) is 7.88. The van der Waals surface area contributed by atoms with Crippen LogP contribution < -0.4 is 0 Å². The van der Waals surface area contributed by atoms with Crippen LogP contribution in [0, 0.1) is 5.92 Å². The summed E-state index contributed by atoms with van der Waals surface area (Å²) in [6.07, 6.45) is 7.17. The van der Waals surface area contributed by atoms with E-state index in [9.17, 15) is 13.2 Å². The summed E-state index contributed by atoms with van der Waals surface area (Å²) in [5, 5.41) is 0. The summed E-state index contributed by atoms with van der Waals surface area (Å²) in [4.78, 5) is 17.2. The monoisotopic (exact) mass is 328 g/mol. The molecule has 0 aromatic heterocycles. The van der Waals surface area contributed by atoms with Crippen LogP contribution in [0.3, 0.4) is 0 Å². The number of hydrogen-bond acceptors (Lipinski definition) is 4. The first-order valence-corrected chi connectivity index (χ1v) is 10.4. The summed E-state index contributed by atoms with van der Waals surface area (Å²) in [6, 6.07) is 1.38. The first kappa shape index (κ1) is 16.2. The molecule has 0 aromatic carbocycles. The van der Waals surface area contributed by atoms with Gasteiger partial charge in [-0.3, -0.25) is 9.69 Å². The molecule has 22 heavy (non-hydrogen) atoms. The van der Waals surface area contributed by atoms with Gasteiger partial charge in [-0.05, 0) is 58.4 Å². The van der Waals surface area contributed by atoms with Crippen molar-refractivity contribution in [3.8, 4) is 0 Å². The van der Waals surface area contributed by atoms with Crippen molar-refractivity contribution in [2.75, 3.05) is 25.9 Å². The molecule has 1 aliphatic carbocycles. The molecule has 126 valence electrons. The number of fused-ring (bicyclic) bond motifs is 1. The molecule has 0 bridgehead atoms. The van der Waals surface area contributed by atoms with E-state index in [0.717, 1.165) is 31.7 Å². The van der Waals surface area contributed by atoms with E-state index < -0.39 is 14.6 Å². The number of rotatable bonds is 3. The Kier molecular flexibility index (Phi) is 4.05. The molecule has 1 amide bonds. The van der Waals surface area contributed by atoms with Crippen molar-refractivity contribution in [2.45, 2.75) is 62.8 Å². The molecule has 0 radical (unpaired) electrons. The van der Waals surface area contributed by atoms with E-state index in [-0.39, 0.29) is 5.91 Å². The van der Waals surface area contributed by atoms with Crippen LogP contribution in [-0.2, 0) is 14.6 Å². The molecular formula is C16H28N2O3S. The fourth-order valence-electron chi connectivity index (χ4n) is 4.03. The number of carbonyl (C=O) groups is 1. The van der Waals surface area contributed by atoms with E-state index in [2.05, 4.69) is 4.90 Å². The van der Waals surface area contributed by atoms with E-state index in [4.69, 9.17) is 0 Å². The lowest BCUT2D eigenvalue weighted by Crippen LogP contribution is -2.59. The number of carbonyl (C=O) groups excluding carboxylic acids is 1. The Labute approximate surface area is 134 Å². The average molecular weight is 328 g/mol. The highest BCUT2D eigenvalue weighted by molar-refractivity contribution is 7.92. The predicted octanol–water partition coefficient (Wildman–Crippen LogP) is 1.28. The third-order valence-electron chi connectivity index (χ3n) is 5.86. The zero-order chi connectivity index (χ0) is 16.1. The molecule has 2 heterocycles. The minimum atomic E-state index is -3.40. The van der Waals surface area contributed by atoms with Crippen molar-refractivity contribution in [3.63, 3.8) is 0 Å². The van der Waals surface area contributed by atoms with E-state index in [1.165, 1.54) is 39.7 Å². The van der Waals surface area contributed by atoms with Crippen LogP contribution in [0.5, 0.6) is 0 Å². The van der Waals surface area contributed by atoms with Gasteiger partial charge in [0, 0.05) is 31.4 Å². The SMILES string of the molecule is CC(C)(C(=O)N1CCC2C(CCCN2C2CC2)C1)S(C)(=O)=O. The number of sulfone groups is 1. The Morgan fingerprint density at radius 3 is 2.36 bits per heavy atom. The highest BCUT2D eigenvalue weighted by Crippen LogP contribution is 2.38. The van der Waals surface area contributed by atoms with E-state index in [1.54, 1.807) is 4.90 Å². The summed E-state index contributed by atoms with van der Waals surface area (Å²) in [5.74, 6) is 0.291. The first-order chi connectivity index (χ1) is 10.2. The van der Waals surface area contributed by atoms with Gasteiger partial charge in [0.1, 0.15) is 4.75 Å². The van der Waals surface area contributed by atoms with E-state index >= 15 is 0 Å². The van der Waals surface area contributed by atoms with Crippen molar-refractivity contribution in [3.05, 3.63) is 0 Å².